The molecule has 19 heavy (non-hydrogen) atoms. The van der Waals surface area contributed by atoms with Crippen LogP contribution in [0.2, 0.25) is 0 Å². The van der Waals surface area contributed by atoms with Crippen LogP contribution in [0.25, 0.3) is 0 Å². The van der Waals surface area contributed by atoms with Crippen molar-refractivity contribution in [1.82, 2.24) is 15.1 Å². The van der Waals surface area contributed by atoms with E-state index in [2.05, 4.69) is 22.7 Å². The summed E-state index contributed by atoms with van der Waals surface area (Å²) in [6, 6.07) is 1.94. The molecule has 1 fully saturated rings. The van der Waals surface area contributed by atoms with Crippen LogP contribution in [-0.2, 0) is 18.3 Å². The van der Waals surface area contributed by atoms with Crippen LogP contribution >= 0.6 is 12.4 Å². The Kier molecular flexibility index (Phi) is 6.31. The van der Waals surface area contributed by atoms with Crippen LogP contribution in [0.5, 0.6) is 0 Å². The topological polar surface area (TPSA) is 59.0 Å². The van der Waals surface area contributed by atoms with Crippen molar-refractivity contribution in [2.24, 2.45) is 13.0 Å². The van der Waals surface area contributed by atoms with E-state index >= 15 is 0 Å². The molecule has 0 saturated carbocycles. The largest absolute Gasteiger partial charge is 0.316 e. The zero-order valence-corrected chi connectivity index (χ0v) is 12.4. The van der Waals surface area contributed by atoms with Crippen LogP contribution in [0.15, 0.2) is 6.07 Å². The molecule has 2 rings (SSSR count). The predicted molar refractivity (Wildman–Crippen MR) is 78.7 cm³/mol. The zero-order valence-electron chi connectivity index (χ0n) is 11.6. The SMILES string of the molecule is CCc1cc(NC(=O)CCC2CCNC2)n(C)n1.Cl. The maximum absolute atomic E-state index is 11.8. The van der Waals surface area contributed by atoms with E-state index in [0.717, 1.165) is 37.4 Å². The molecule has 1 unspecified atom stereocenters. The molecule has 0 spiro atoms. The van der Waals surface area contributed by atoms with E-state index in [9.17, 15) is 4.79 Å². The lowest BCUT2D eigenvalue weighted by molar-refractivity contribution is -0.116. The lowest BCUT2D eigenvalue weighted by Gasteiger charge is -2.08. The molecule has 6 heteroatoms. The van der Waals surface area contributed by atoms with Crippen molar-refractivity contribution in [3.8, 4) is 0 Å². The fraction of sp³-hybridized carbons (Fsp3) is 0.692. The first-order valence-electron chi connectivity index (χ1n) is 6.72. The van der Waals surface area contributed by atoms with Gasteiger partial charge in [0.2, 0.25) is 5.91 Å². The Morgan fingerprint density at radius 2 is 2.42 bits per heavy atom. The summed E-state index contributed by atoms with van der Waals surface area (Å²) in [6.45, 7) is 4.20. The molecular weight excluding hydrogens is 264 g/mol. The van der Waals surface area contributed by atoms with E-state index < -0.39 is 0 Å². The number of rotatable bonds is 5. The summed E-state index contributed by atoms with van der Waals surface area (Å²) < 4.78 is 1.73. The quantitative estimate of drug-likeness (QED) is 0.867. The number of hydrogen-bond acceptors (Lipinski definition) is 3. The number of carbonyl (C=O) groups excluding carboxylic acids is 1. The molecule has 0 bridgehead atoms. The van der Waals surface area contributed by atoms with Gasteiger partial charge in [0, 0.05) is 19.5 Å². The standard InChI is InChI=1S/C13H22N4O.ClH/c1-3-11-8-12(17(2)16-11)15-13(18)5-4-10-6-7-14-9-10;/h8,10,14H,3-7,9H2,1-2H3,(H,15,18);1H. The van der Waals surface area contributed by atoms with E-state index in [1.165, 1.54) is 6.42 Å². The zero-order chi connectivity index (χ0) is 13.0. The molecule has 0 aliphatic carbocycles. The Labute approximate surface area is 120 Å². The molecule has 108 valence electrons. The van der Waals surface area contributed by atoms with Gasteiger partial charge in [0.25, 0.3) is 0 Å². The van der Waals surface area contributed by atoms with E-state index in [1.54, 1.807) is 4.68 Å². The second kappa shape index (κ2) is 7.50. The van der Waals surface area contributed by atoms with Gasteiger partial charge in [0.1, 0.15) is 5.82 Å². The highest BCUT2D eigenvalue weighted by Gasteiger charge is 2.16. The number of carbonyl (C=O) groups is 1. The number of anilines is 1. The van der Waals surface area contributed by atoms with E-state index in [4.69, 9.17) is 0 Å². The fourth-order valence-electron chi connectivity index (χ4n) is 2.32. The van der Waals surface area contributed by atoms with Gasteiger partial charge in [-0.1, -0.05) is 6.92 Å². The molecule has 1 aromatic rings. The van der Waals surface area contributed by atoms with Gasteiger partial charge in [-0.05, 0) is 38.3 Å². The summed E-state index contributed by atoms with van der Waals surface area (Å²) >= 11 is 0. The fourth-order valence-corrected chi connectivity index (χ4v) is 2.32. The van der Waals surface area contributed by atoms with Crippen molar-refractivity contribution in [2.75, 3.05) is 18.4 Å². The van der Waals surface area contributed by atoms with Gasteiger partial charge >= 0.3 is 0 Å². The Hall–Kier alpha value is -1.07. The summed E-state index contributed by atoms with van der Waals surface area (Å²) in [5.41, 5.74) is 1.01. The van der Waals surface area contributed by atoms with Gasteiger partial charge in [-0.15, -0.1) is 12.4 Å². The van der Waals surface area contributed by atoms with Crippen molar-refractivity contribution >= 4 is 24.1 Å². The van der Waals surface area contributed by atoms with Crippen LogP contribution in [0.1, 0.15) is 31.9 Å². The molecule has 1 aromatic heterocycles. The molecule has 2 heterocycles. The predicted octanol–water partition coefficient (Wildman–Crippen LogP) is 1.73. The Bertz CT molecular complexity index is 413. The number of halogens is 1. The maximum atomic E-state index is 11.8. The molecule has 0 radical (unpaired) electrons. The molecule has 1 amide bonds. The van der Waals surface area contributed by atoms with Crippen LogP contribution in [-0.4, -0.2) is 28.8 Å². The average Bonchev–Trinajstić information content (AvgIpc) is 2.97. The molecule has 1 atom stereocenters. The van der Waals surface area contributed by atoms with Crippen LogP contribution in [0.4, 0.5) is 5.82 Å². The third-order valence-corrected chi connectivity index (χ3v) is 3.50. The summed E-state index contributed by atoms with van der Waals surface area (Å²) in [7, 11) is 1.86. The molecule has 0 aromatic carbocycles. The number of amides is 1. The van der Waals surface area contributed by atoms with Gasteiger partial charge < -0.3 is 10.6 Å². The van der Waals surface area contributed by atoms with Crippen molar-refractivity contribution < 1.29 is 4.79 Å². The summed E-state index contributed by atoms with van der Waals surface area (Å²) in [5, 5.41) is 10.6. The highest BCUT2D eigenvalue weighted by atomic mass is 35.5. The molecule has 1 aliphatic rings. The minimum absolute atomic E-state index is 0. The maximum Gasteiger partial charge on any atom is 0.225 e. The molecule has 2 N–H and O–H groups in total. The Morgan fingerprint density at radius 3 is 3.00 bits per heavy atom. The van der Waals surface area contributed by atoms with Crippen LogP contribution in [0.3, 0.4) is 0 Å². The second-order valence-corrected chi connectivity index (χ2v) is 4.94. The number of aromatic nitrogens is 2. The van der Waals surface area contributed by atoms with Gasteiger partial charge in [0.15, 0.2) is 0 Å². The number of nitrogens with zero attached hydrogens (tertiary/aromatic N) is 2. The summed E-state index contributed by atoms with van der Waals surface area (Å²) in [5.74, 6) is 1.54. The molecule has 5 nitrogen and oxygen atoms in total. The lowest BCUT2D eigenvalue weighted by Crippen LogP contribution is -2.16. The Balaban J connectivity index is 0.00000180. The second-order valence-electron chi connectivity index (χ2n) is 4.94. The van der Waals surface area contributed by atoms with Gasteiger partial charge in [-0.3, -0.25) is 9.48 Å². The molecule has 1 aliphatic heterocycles. The number of nitrogens with one attached hydrogen (secondary N) is 2. The van der Waals surface area contributed by atoms with E-state index in [0.29, 0.717) is 12.3 Å². The van der Waals surface area contributed by atoms with Crippen LogP contribution < -0.4 is 10.6 Å². The van der Waals surface area contributed by atoms with Crippen molar-refractivity contribution in [3.63, 3.8) is 0 Å². The van der Waals surface area contributed by atoms with E-state index in [-0.39, 0.29) is 18.3 Å². The van der Waals surface area contributed by atoms with Crippen molar-refractivity contribution in [3.05, 3.63) is 11.8 Å². The monoisotopic (exact) mass is 286 g/mol. The van der Waals surface area contributed by atoms with Crippen molar-refractivity contribution in [1.29, 1.82) is 0 Å². The number of hydrogen-bond donors (Lipinski definition) is 2. The lowest BCUT2D eigenvalue weighted by atomic mass is 10.0. The molecule has 1 saturated heterocycles. The highest BCUT2D eigenvalue weighted by Crippen LogP contribution is 2.15. The van der Waals surface area contributed by atoms with E-state index in [1.807, 2.05) is 13.1 Å². The third-order valence-electron chi connectivity index (χ3n) is 3.50. The van der Waals surface area contributed by atoms with Gasteiger partial charge in [-0.2, -0.15) is 5.10 Å². The first kappa shape index (κ1) is 16.0. The normalized spacial score (nSPS) is 18.1. The van der Waals surface area contributed by atoms with Crippen molar-refractivity contribution in [2.45, 2.75) is 32.6 Å². The van der Waals surface area contributed by atoms with Crippen LogP contribution in [0, 0.1) is 5.92 Å². The molecular formula is C13H23ClN4O. The van der Waals surface area contributed by atoms with Gasteiger partial charge in [-0.25, -0.2) is 0 Å². The summed E-state index contributed by atoms with van der Waals surface area (Å²) in [6.07, 6.45) is 3.65. The Morgan fingerprint density at radius 1 is 1.63 bits per heavy atom. The van der Waals surface area contributed by atoms with Gasteiger partial charge in [0.05, 0.1) is 5.69 Å². The first-order chi connectivity index (χ1) is 8.69. The third kappa shape index (κ3) is 4.51. The number of aryl methyl sites for hydroxylation is 2. The average molecular weight is 287 g/mol. The minimum Gasteiger partial charge on any atom is -0.316 e. The highest BCUT2D eigenvalue weighted by molar-refractivity contribution is 5.89. The minimum atomic E-state index is 0. The first-order valence-corrected chi connectivity index (χ1v) is 6.72. The summed E-state index contributed by atoms with van der Waals surface area (Å²) in [4.78, 5) is 11.8. The smallest absolute Gasteiger partial charge is 0.225 e.